The van der Waals surface area contributed by atoms with Gasteiger partial charge in [0.2, 0.25) is 11.8 Å². The van der Waals surface area contributed by atoms with Gasteiger partial charge in [0.1, 0.15) is 0 Å². The minimum Gasteiger partial charge on any atom is -0.342 e. The summed E-state index contributed by atoms with van der Waals surface area (Å²) in [4.78, 5) is 28.8. The van der Waals surface area contributed by atoms with Crippen LogP contribution in [0.2, 0.25) is 0 Å². The summed E-state index contributed by atoms with van der Waals surface area (Å²) < 4.78 is 0. The molecule has 22 heavy (non-hydrogen) atoms. The minimum atomic E-state index is -0.159. The first-order valence-electron chi connectivity index (χ1n) is 8.67. The van der Waals surface area contributed by atoms with Gasteiger partial charge < -0.3 is 9.80 Å². The van der Waals surface area contributed by atoms with E-state index in [2.05, 4.69) is 6.07 Å². The van der Waals surface area contributed by atoms with Gasteiger partial charge >= 0.3 is 0 Å². The largest absolute Gasteiger partial charge is 0.342 e. The Labute approximate surface area is 132 Å². The average Bonchev–Trinajstić information content (AvgIpc) is 2.97. The molecule has 1 atom stereocenters. The summed E-state index contributed by atoms with van der Waals surface area (Å²) >= 11 is 0. The molecule has 1 unspecified atom stereocenters. The molecule has 2 aliphatic heterocycles. The molecule has 3 fully saturated rings. The molecule has 0 aromatic rings. The van der Waals surface area contributed by atoms with Crippen molar-refractivity contribution in [1.82, 2.24) is 9.80 Å². The number of hydrogen-bond acceptors (Lipinski definition) is 3. The summed E-state index contributed by atoms with van der Waals surface area (Å²) in [5.41, 5.74) is 0. The highest BCUT2D eigenvalue weighted by atomic mass is 16.2. The van der Waals surface area contributed by atoms with E-state index in [0.717, 1.165) is 25.7 Å². The van der Waals surface area contributed by atoms with Crippen LogP contribution in [0.15, 0.2) is 0 Å². The van der Waals surface area contributed by atoms with Crippen molar-refractivity contribution in [3.8, 4) is 6.07 Å². The lowest BCUT2D eigenvalue weighted by Gasteiger charge is -2.33. The van der Waals surface area contributed by atoms with Crippen LogP contribution in [-0.2, 0) is 9.59 Å². The van der Waals surface area contributed by atoms with Crippen LogP contribution in [-0.4, -0.2) is 47.3 Å². The standard InChI is InChI=1S/C17H25N3O2/c18-11-13-6-8-19(9-7-13)17(22)14-10-16(21)20(12-14)15-4-2-1-3-5-15/h13-15H,1-10,12H2. The lowest BCUT2D eigenvalue weighted by molar-refractivity contribution is -0.137. The molecule has 0 spiro atoms. The van der Waals surface area contributed by atoms with E-state index >= 15 is 0 Å². The fourth-order valence-corrected chi connectivity index (χ4v) is 4.13. The SMILES string of the molecule is N#CC1CCN(C(=O)C2CC(=O)N(C3CCCCC3)C2)CC1. The van der Waals surface area contributed by atoms with E-state index in [1.54, 1.807) is 0 Å². The number of piperidine rings is 1. The molecular weight excluding hydrogens is 278 g/mol. The van der Waals surface area contributed by atoms with E-state index in [9.17, 15) is 9.59 Å². The number of carbonyl (C=O) groups is 2. The fourth-order valence-electron chi connectivity index (χ4n) is 4.13. The monoisotopic (exact) mass is 303 g/mol. The van der Waals surface area contributed by atoms with Crippen molar-refractivity contribution in [1.29, 1.82) is 5.26 Å². The molecule has 3 rings (SSSR count). The maximum Gasteiger partial charge on any atom is 0.227 e. The van der Waals surface area contributed by atoms with Crippen LogP contribution in [0.4, 0.5) is 0 Å². The highest BCUT2D eigenvalue weighted by Crippen LogP contribution is 2.30. The Morgan fingerprint density at radius 1 is 1.09 bits per heavy atom. The van der Waals surface area contributed by atoms with Gasteiger partial charge in [-0.3, -0.25) is 9.59 Å². The van der Waals surface area contributed by atoms with Crippen molar-refractivity contribution in [2.45, 2.75) is 57.4 Å². The normalized spacial score (nSPS) is 28.0. The molecule has 0 radical (unpaired) electrons. The molecule has 0 bridgehead atoms. The smallest absolute Gasteiger partial charge is 0.227 e. The van der Waals surface area contributed by atoms with Crippen LogP contribution in [0.25, 0.3) is 0 Å². The minimum absolute atomic E-state index is 0.0907. The third-order valence-corrected chi connectivity index (χ3v) is 5.51. The van der Waals surface area contributed by atoms with E-state index in [4.69, 9.17) is 5.26 Å². The number of nitriles is 1. The third kappa shape index (κ3) is 3.11. The van der Waals surface area contributed by atoms with Crippen LogP contribution >= 0.6 is 0 Å². The summed E-state index contributed by atoms with van der Waals surface area (Å²) in [5.74, 6) is 0.223. The molecule has 2 heterocycles. The molecule has 1 aliphatic carbocycles. The Morgan fingerprint density at radius 2 is 1.77 bits per heavy atom. The first-order chi connectivity index (χ1) is 10.7. The molecule has 120 valence electrons. The Balaban J connectivity index is 1.56. The molecule has 5 heteroatoms. The fraction of sp³-hybridized carbons (Fsp3) is 0.824. The van der Waals surface area contributed by atoms with E-state index in [0.29, 0.717) is 32.1 Å². The molecule has 1 saturated carbocycles. The van der Waals surface area contributed by atoms with Crippen LogP contribution in [0.5, 0.6) is 0 Å². The zero-order valence-corrected chi connectivity index (χ0v) is 13.2. The van der Waals surface area contributed by atoms with Crippen LogP contribution in [0, 0.1) is 23.2 Å². The second kappa shape index (κ2) is 6.68. The van der Waals surface area contributed by atoms with Crippen molar-refractivity contribution in [2.24, 2.45) is 11.8 Å². The Hall–Kier alpha value is -1.57. The molecule has 0 aromatic carbocycles. The lowest BCUT2D eigenvalue weighted by Crippen LogP contribution is -2.43. The van der Waals surface area contributed by atoms with Gasteiger partial charge in [-0.15, -0.1) is 0 Å². The van der Waals surface area contributed by atoms with E-state index in [-0.39, 0.29) is 23.7 Å². The summed E-state index contributed by atoms with van der Waals surface area (Å²) in [7, 11) is 0. The maximum atomic E-state index is 12.6. The van der Waals surface area contributed by atoms with Crippen LogP contribution < -0.4 is 0 Å². The molecular formula is C17H25N3O2. The second-order valence-corrected chi connectivity index (χ2v) is 6.97. The molecule has 0 aromatic heterocycles. The maximum absolute atomic E-state index is 12.6. The summed E-state index contributed by atoms with van der Waals surface area (Å²) in [6.07, 6.45) is 7.80. The van der Waals surface area contributed by atoms with Crippen molar-refractivity contribution < 1.29 is 9.59 Å². The van der Waals surface area contributed by atoms with E-state index < -0.39 is 0 Å². The van der Waals surface area contributed by atoms with Crippen molar-refractivity contribution in [3.05, 3.63) is 0 Å². The molecule has 3 aliphatic rings. The Bertz CT molecular complexity index is 471. The van der Waals surface area contributed by atoms with Gasteiger partial charge in [0.15, 0.2) is 0 Å². The molecule has 0 N–H and O–H groups in total. The first kappa shape index (κ1) is 15.3. The predicted molar refractivity (Wildman–Crippen MR) is 81.6 cm³/mol. The number of carbonyl (C=O) groups excluding carboxylic acids is 2. The highest BCUT2D eigenvalue weighted by Gasteiger charge is 2.40. The van der Waals surface area contributed by atoms with Gasteiger partial charge in [0, 0.05) is 38.0 Å². The summed E-state index contributed by atoms with van der Waals surface area (Å²) in [6, 6.07) is 2.65. The average molecular weight is 303 g/mol. The van der Waals surface area contributed by atoms with Crippen LogP contribution in [0.3, 0.4) is 0 Å². The molecule has 2 saturated heterocycles. The Kier molecular flexibility index (Phi) is 4.66. The number of hydrogen-bond donors (Lipinski definition) is 0. The zero-order chi connectivity index (χ0) is 15.5. The van der Waals surface area contributed by atoms with Gasteiger partial charge in [-0.05, 0) is 25.7 Å². The zero-order valence-electron chi connectivity index (χ0n) is 13.2. The number of likely N-dealkylation sites (tertiary alicyclic amines) is 2. The third-order valence-electron chi connectivity index (χ3n) is 5.51. The van der Waals surface area contributed by atoms with Gasteiger partial charge in [0.05, 0.1) is 12.0 Å². The van der Waals surface area contributed by atoms with Crippen molar-refractivity contribution in [2.75, 3.05) is 19.6 Å². The topological polar surface area (TPSA) is 64.4 Å². The molecule has 5 nitrogen and oxygen atoms in total. The number of nitrogens with zero attached hydrogens (tertiary/aromatic N) is 3. The van der Waals surface area contributed by atoms with Crippen molar-refractivity contribution in [3.63, 3.8) is 0 Å². The number of rotatable bonds is 2. The number of amides is 2. The quantitative estimate of drug-likeness (QED) is 0.783. The van der Waals surface area contributed by atoms with Gasteiger partial charge in [-0.25, -0.2) is 0 Å². The van der Waals surface area contributed by atoms with Crippen LogP contribution in [0.1, 0.15) is 51.4 Å². The van der Waals surface area contributed by atoms with Gasteiger partial charge in [-0.1, -0.05) is 19.3 Å². The van der Waals surface area contributed by atoms with E-state index in [1.165, 1.54) is 19.3 Å². The predicted octanol–water partition coefficient (Wildman–Crippen LogP) is 1.93. The van der Waals surface area contributed by atoms with Gasteiger partial charge in [0.25, 0.3) is 0 Å². The first-order valence-corrected chi connectivity index (χ1v) is 8.67. The molecule has 2 amide bonds. The summed E-state index contributed by atoms with van der Waals surface area (Å²) in [5, 5.41) is 8.94. The summed E-state index contributed by atoms with van der Waals surface area (Å²) in [6.45, 7) is 1.96. The lowest BCUT2D eigenvalue weighted by atomic mass is 9.94. The Morgan fingerprint density at radius 3 is 2.41 bits per heavy atom. The highest BCUT2D eigenvalue weighted by molar-refractivity contribution is 5.89. The second-order valence-electron chi connectivity index (χ2n) is 6.97. The van der Waals surface area contributed by atoms with E-state index in [1.807, 2.05) is 9.80 Å². The van der Waals surface area contributed by atoms with Gasteiger partial charge in [-0.2, -0.15) is 5.26 Å². The van der Waals surface area contributed by atoms with Crippen molar-refractivity contribution >= 4 is 11.8 Å².